The minimum Gasteiger partial charge on any atom is -0.352 e. The largest absolute Gasteiger partial charge is 0.352 e. The van der Waals surface area contributed by atoms with Crippen LogP contribution < -0.4 is 16.0 Å². The van der Waals surface area contributed by atoms with Gasteiger partial charge in [0.25, 0.3) is 0 Å². The first-order valence-corrected chi connectivity index (χ1v) is 7.40. The molecule has 0 bridgehead atoms. The van der Waals surface area contributed by atoms with Gasteiger partial charge in [0.2, 0.25) is 5.91 Å². The molecule has 1 aromatic heterocycles. The Balaban J connectivity index is 2.41. The summed E-state index contributed by atoms with van der Waals surface area (Å²) in [4.78, 5) is 21.2. The van der Waals surface area contributed by atoms with Crippen LogP contribution in [-0.4, -0.2) is 36.5 Å². The molecule has 0 saturated carbocycles. The average molecular weight is 297 g/mol. The Bertz CT molecular complexity index is 481. The molecule has 1 aromatic rings. The molecule has 112 valence electrons. The number of carbonyl (C=O) groups is 1. The number of aliphatic imine (C=N–C) groups is 1. The van der Waals surface area contributed by atoms with E-state index >= 15 is 0 Å². The van der Waals surface area contributed by atoms with Crippen molar-refractivity contribution in [1.82, 2.24) is 20.9 Å². The number of aromatic nitrogens is 1. The molecule has 0 radical (unpaired) electrons. The van der Waals surface area contributed by atoms with Gasteiger partial charge < -0.3 is 16.0 Å². The van der Waals surface area contributed by atoms with Crippen molar-refractivity contribution in [3.63, 3.8) is 0 Å². The fourth-order valence-corrected chi connectivity index (χ4v) is 2.54. The second kappa shape index (κ2) is 7.84. The molecule has 1 heterocycles. The molecule has 0 aliphatic carbocycles. The van der Waals surface area contributed by atoms with Crippen molar-refractivity contribution in [3.8, 4) is 0 Å². The Morgan fingerprint density at radius 3 is 2.55 bits per heavy atom. The van der Waals surface area contributed by atoms with E-state index in [-0.39, 0.29) is 18.5 Å². The number of thiazole rings is 1. The van der Waals surface area contributed by atoms with Crippen LogP contribution in [0.4, 0.5) is 0 Å². The second-order valence-corrected chi connectivity index (χ2v) is 6.03. The summed E-state index contributed by atoms with van der Waals surface area (Å²) < 4.78 is 0. The molecule has 0 spiro atoms. The number of amides is 1. The van der Waals surface area contributed by atoms with E-state index in [2.05, 4.69) is 25.9 Å². The van der Waals surface area contributed by atoms with Crippen molar-refractivity contribution in [2.24, 2.45) is 4.99 Å². The summed E-state index contributed by atoms with van der Waals surface area (Å²) in [5.74, 6) is 0.558. The molecule has 0 fully saturated rings. The van der Waals surface area contributed by atoms with Crippen molar-refractivity contribution in [3.05, 3.63) is 15.6 Å². The van der Waals surface area contributed by atoms with Crippen LogP contribution in [0.5, 0.6) is 0 Å². The molecule has 20 heavy (non-hydrogen) atoms. The van der Waals surface area contributed by atoms with E-state index in [0.717, 1.165) is 10.7 Å². The van der Waals surface area contributed by atoms with Gasteiger partial charge in [-0.25, -0.2) is 4.98 Å². The summed E-state index contributed by atoms with van der Waals surface area (Å²) in [6.07, 6.45) is 0. The summed E-state index contributed by atoms with van der Waals surface area (Å²) in [6, 6.07) is 0.141. The monoisotopic (exact) mass is 297 g/mol. The van der Waals surface area contributed by atoms with E-state index in [0.29, 0.717) is 12.5 Å². The van der Waals surface area contributed by atoms with Gasteiger partial charge in [-0.05, 0) is 27.7 Å². The first-order chi connectivity index (χ1) is 9.42. The molecular weight excluding hydrogens is 274 g/mol. The maximum atomic E-state index is 11.5. The summed E-state index contributed by atoms with van der Waals surface area (Å²) >= 11 is 1.66. The van der Waals surface area contributed by atoms with Crippen molar-refractivity contribution < 1.29 is 4.79 Å². The lowest BCUT2D eigenvalue weighted by atomic mass is 10.4. The lowest BCUT2D eigenvalue weighted by molar-refractivity contribution is -0.120. The van der Waals surface area contributed by atoms with Gasteiger partial charge in [0, 0.05) is 18.0 Å². The highest BCUT2D eigenvalue weighted by Crippen LogP contribution is 2.16. The van der Waals surface area contributed by atoms with Crippen LogP contribution >= 0.6 is 11.3 Å². The van der Waals surface area contributed by atoms with E-state index < -0.39 is 0 Å². The first kappa shape index (κ1) is 16.4. The molecule has 0 aliphatic heterocycles. The maximum Gasteiger partial charge on any atom is 0.239 e. The number of aryl methyl sites for hydroxylation is 2. The molecular formula is C13H23N5OS. The zero-order valence-corrected chi connectivity index (χ0v) is 13.5. The average Bonchev–Trinajstić information content (AvgIpc) is 2.67. The van der Waals surface area contributed by atoms with Crippen LogP contribution in [0.1, 0.15) is 29.4 Å². The third-order valence-corrected chi connectivity index (χ3v) is 3.58. The van der Waals surface area contributed by atoms with Gasteiger partial charge in [-0.1, -0.05) is 0 Å². The zero-order chi connectivity index (χ0) is 15.1. The Morgan fingerprint density at radius 1 is 1.35 bits per heavy atom. The molecule has 1 rings (SSSR count). The molecule has 0 aliphatic rings. The predicted molar refractivity (Wildman–Crippen MR) is 83.1 cm³/mol. The fourth-order valence-electron chi connectivity index (χ4n) is 1.66. The minimum atomic E-state index is -0.0484. The Morgan fingerprint density at radius 2 is 2.05 bits per heavy atom. The van der Waals surface area contributed by atoms with Crippen LogP contribution in [0.3, 0.4) is 0 Å². The molecule has 1 amide bonds. The lowest BCUT2D eigenvalue weighted by Gasteiger charge is -2.12. The SMILES string of the molecule is CN=C(NCC(=O)NC(C)C)NCc1sc(C)nc1C. The fraction of sp³-hybridized carbons (Fsp3) is 0.615. The van der Waals surface area contributed by atoms with Crippen LogP contribution in [-0.2, 0) is 11.3 Å². The number of nitrogens with one attached hydrogen (secondary N) is 3. The number of hydrogen-bond donors (Lipinski definition) is 3. The summed E-state index contributed by atoms with van der Waals surface area (Å²) in [5.41, 5.74) is 1.04. The van der Waals surface area contributed by atoms with E-state index in [1.54, 1.807) is 18.4 Å². The number of nitrogens with zero attached hydrogens (tertiary/aromatic N) is 2. The van der Waals surface area contributed by atoms with Gasteiger partial charge in [-0.3, -0.25) is 9.79 Å². The van der Waals surface area contributed by atoms with Crippen LogP contribution in [0.15, 0.2) is 4.99 Å². The normalized spacial score (nSPS) is 11.6. The van der Waals surface area contributed by atoms with Gasteiger partial charge in [0.15, 0.2) is 5.96 Å². The smallest absolute Gasteiger partial charge is 0.239 e. The highest BCUT2D eigenvalue weighted by molar-refractivity contribution is 7.11. The topological polar surface area (TPSA) is 78.4 Å². The predicted octanol–water partition coefficient (Wildman–Crippen LogP) is 0.950. The Labute approximate surface area is 124 Å². The molecule has 7 heteroatoms. The second-order valence-electron chi connectivity index (χ2n) is 4.74. The van der Waals surface area contributed by atoms with Gasteiger partial charge >= 0.3 is 0 Å². The molecule has 0 aromatic carbocycles. The standard InChI is InChI=1S/C13H23N5OS/c1-8(2)17-12(19)7-16-13(14-5)15-6-11-9(3)18-10(4)20-11/h8H,6-7H2,1-5H3,(H,17,19)(H2,14,15,16). The third-order valence-electron chi connectivity index (χ3n) is 2.51. The number of guanidine groups is 1. The van der Waals surface area contributed by atoms with Gasteiger partial charge in [-0.2, -0.15) is 0 Å². The molecule has 0 atom stereocenters. The quantitative estimate of drug-likeness (QED) is 0.558. The minimum absolute atomic E-state index is 0.0484. The van der Waals surface area contributed by atoms with Crippen LogP contribution in [0.2, 0.25) is 0 Å². The first-order valence-electron chi connectivity index (χ1n) is 6.59. The summed E-state index contributed by atoms with van der Waals surface area (Å²) in [5, 5.41) is 10.0. The number of hydrogen-bond acceptors (Lipinski definition) is 4. The maximum absolute atomic E-state index is 11.5. The van der Waals surface area contributed by atoms with Crippen molar-refractivity contribution in [1.29, 1.82) is 0 Å². The molecule has 0 unspecified atom stereocenters. The molecule has 3 N–H and O–H groups in total. The highest BCUT2D eigenvalue weighted by atomic mass is 32.1. The van der Waals surface area contributed by atoms with E-state index in [1.165, 1.54) is 4.88 Å². The summed E-state index contributed by atoms with van der Waals surface area (Å²) in [7, 11) is 1.68. The zero-order valence-electron chi connectivity index (χ0n) is 12.7. The summed E-state index contributed by atoms with van der Waals surface area (Å²) in [6.45, 7) is 8.71. The van der Waals surface area contributed by atoms with Gasteiger partial charge in [-0.15, -0.1) is 11.3 Å². The molecule has 0 saturated heterocycles. The van der Waals surface area contributed by atoms with Crippen molar-refractivity contribution >= 4 is 23.2 Å². The molecule has 6 nitrogen and oxygen atoms in total. The highest BCUT2D eigenvalue weighted by Gasteiger charge is 2.07. The van der Waals surface area contributed by atoms with Crippen molar-refractivity contribution in [2.75, 3.05) is 13.6 Å². The third kappa shape index (κ3) is 5.56. The van der Waals surface area contributed by atoms with E-state index in [9.17, 15) is 4.79 Å². The Kier molecular flexibility index (Phi) is 6.44. The van der Waals surface area contributed by atoms with Crippen LogP contribution in [0, 0.1) is 13.8 Å². The van der Waals surface area contributed by atoms with Gasteiger partial charge in [0.1, 0.15) is 0 Å². The van der Waals surface area contributed by atoms with Gasteiger partial charge in [0.05, 0.1) is 23.8 Å². The number of rotatable bonds is 5. The van der Waals surface area contributed by atoms with E-state index in [4.69, 9.17) is 0 Å². The van der Waals surface area contributed by atoms with Crippen LogP contribution in [0.25, 0.3) is 0 Å². The van der Waals surface area contributed by atoms with Crippen molar-refractivity contribution in [2.45, 2.75) is 40.3 Å². The Hall–Kier alpha value is -1.63. The lowest BCUT2D eigenvalue weighted by Crippen LogP contribution is -2.44. The number of carbonyl (C=O) groups excluding carboxylic acids is 1. The van der Waals surface area contributed by atoms with E-state index in [1.807, 2.05) is 27.7 Å².